The molecule has 1 saturated carbocycles. The van der Waals surface area contributed by atoms with Crippen LogP contribution in [0.2, 0.25) is 0 Å². The van der Waals surface area contributed by atoms with E-state index in [2.05, 4.69) is 47.6 Å². The zero-order valence-corrected chi connectivity index (χ0v) is 29.1. The molecule has 52 heavy (non-hydrogen) atoms. The number of aromatic nitrogens is 4. The van der Waals surface area contributed by atoms with Crippen LogP contribution >= 0.6 is 11.3 Å². The molecule has 1 aliphatic carbocycles. The van der Waals surface area contributed by atoms with E-state index in [0.717, 1.165) is 73.5 Å². The number of ether oxygens (including phenoxy) is 2. The maximum Gasteiger partial charge on any atom is 0.573 e. The highest BCUT2D eigenvalue weighted by Crippen LogP contribution is 2.44. The van der Waals surface area contributed by atoms with Crippen molar-refractivity contribution >= 4 is 44.8 Å². The first-order valence-corrected chi connectivity index (χ1v) is 17.8. The van der Waals surface area contributed by atoms with E-state index in [9.17, 15) is 18.0 Å². The van der Waals surface area contributed by atoms with Crippen molar-refractivity contribution in [3.05, 3.63) is 78.4 Å². The Hall–Kier alpha value is -5.41. The molecular formula is C37H34F3N7O4S. The number of methoxy groups -OCH3 is 1. The molecule has 0 bridgehead atoms. The van der Waals surface area contributed by atoms with Gasteiger partial charge in [-0.25, -0.2) is 9.78 Å². The lowest BCUT2D eigenvalue weighted by molar-refractivity contribution is -0.274. The first-order valence-electron chi connectivity index (χ1n) is 16.9. The zero-order valence-electron chi connectivity index (χ0n) is 28.3. The Bertz CT molecular complexity index is 2220. The van der Waals surface area contributed by atoms with Crippen LogP contribution in [0.25, 0.3) is 44.5 Å². The Labute approximate surface area is 300 Å². The predicted molar refractivity (Wildman–Crippen MR) is 192 cm³/mol. The van der Waals surface area contributed by atoms with Crippen molar-refractivity contribution in [2.75, 3.05) is 50.1 Å². The van der Waals surface area contributed by atoms with Crippen LogP contribution < -0.4 is 15.0 Å². The van der Waals surface area contributed by atoms with Gasteiger partial charge in [-0.05, 0) is 80.1 Å². The summed E-state index contributed by atoms with van der Waals surface area (Å²) in [6.45, 7) is 6.71. The first kappa shape index (κ1) is 33.7. The molecule has 6 aromatic rings. The molecule has 3 aromatic heterocycles. The van der Waals surface area contributed by atoms with E-state index in [4.69, 9.17) is 14.1 Å². The summed E-state index contributed by atoms with van der Waals surface area (Å²) < 4.78 is 55.7. The number of carbonyl (C=O) groups excluding carboxylic acids is 1. The Morgan fingerprint density at radius 2 is 1.65 bits per heavy atom. The SMILES string of the molecule is CCN1CCN(c2cc3c(cc2Nc2nnc(-c4ccc(-c5ccc(C(=O)OC)cc5)o4)s2)nc(-c2ccc(OC(F)(F)F)cc2)n3C2CC2)CC1. The van der Waals surface area contributed by atoms with Crippen molar-refractivity contribution in [2.45, 2.75) is 32.2 Å². The Balaban J connectivity index is 1.11. The van der Waals surface area contributed by atoms with Gasteiger partial charge >= 0.3 is 12.3 Å². The highest BCUT2D eigenvalue weighted by molar-refractivity contribution is 7.18. The van der Waals surface area contributed by atoms with Crippen molar-refractivity contribution in [3.8, 4) is 39.2 Å². The number of hydrogen-bond acceptors (Lipinski definition) is 11. The molecule has 0 atom stereocenters. The summed E-state index contributed by atoms with van der Waals surface area (Å²) in [4.78, 5) is 21.6. The van der Waals surface area contributed by atoms with Gasteiger partial charge in [-0.2, -0.15) is 0 Å². The topological polar surface area (TPSA) is 111 Å². The molecule has 0 radical (unpaired) electrons. The number of furan rings is 1. The molecule has 0 spiro atoms. The number of hydrogen-bond donors (Lipinski definition) is 1. The van der Waals surface area contributed by atoms with E-state index in [1.54, 1.807) is 36.4 Å². The van der Waals surface area contributed by atoms with Gasteiger partial charge in [0.15, 0.2) is 10.8 Å². The summed E-state index contributed by atoms with van der Waals surface area (Å²) in [6.07, 6.45) is -2.77. The van der Waals surface area contributed by atoms with E-state index >= 15 is 0 Å². The molecule has 2 aliphatic rings. The van der Waals surface area contributed by atoms with Gasteiger partial charge in [-0.3, -0.25) is 0 Å². The Morgan fingerprint density at radius 1 is 0.942 bits per heavy atom. The number of rotatable bonds is 10. The fraction of sp³-hybridized carbons (Fsp3) is 0.297. The van der Waals surface area contributed by atoms with E-state index in [-0.39, 0.29) is 11.8 Å². The number of likely N-dealkylation sites (N-methyl/N-ethyl adjacent to an activating group) is 1. The quantitative estimate of drug-likeness (QED) is 0.138. The molecular weight excluding hydrogens is 696 g/mol. The van der Waals surface area contributed by atoms with Crippen molar-refractivity contribution in [1.29, 1.82) is 0 Å². The number of piperazine rings is 1. The summed E-state index contributed by atoms with van der Waals surface area (Å²) in [5, 5.41) is 13.5. The van der Waals surface area contributed by atoms with Gasteiger partial charge in [0, 0.05) is 43.3 Å². The first-order chi connectivity index (χ1) is 25.2. The lowest BCUT2D eigenvalue weighted by atomic mass is 10.1. The number of alkyl halides is 3. The lowest BCUT2D eigenvalue weighted by Gasteiger charge is -2.36. The van der Waals surface area contributed by atoms with Crippen LogP contribution in [0.1, 0.15) is 36.2 Å². The minimum absolute atomic E-state index is 0.254. The molecule has 15 heteroatoms. The molecule has 0 unspecified atom stereocenters. The second kappa shape index (κ2) is 13.6. The van der Waals surface area contributed by atoms with Crippen LogP contribution in [0.4, 0.5) is 29.7 Å². The third-order valence-electron chi connectivity index (χ3n) is 9.30. The number of nitrogens with zero attached hydrogens (tertiary/aromatic N) is 6. The van der Waals surface area contributed by atoms with E-state index in [1.165, 1.54) is 30.6 Å². The van der Waals surface area contributed by atoms with Gasteiger partial charge in [-0.15, -0.1) is 23.4 Å². The molecule has 4 heterocycles. The number of esters is 1. The van der Waals surface area contributed by atoms with Gasteiger partial charge in [0.1, 0.15) is 17.3 Å². The van der Waals surface area contributed by atoms with E-state index < -0.39 is 12.3 Å². The van der Waals surface area contributed by atoms with Gasteiger partial charge in [-0.1, -0.05) is 30.4 Å². The number of nitrogens with one attached hydrogen (secondary N) is 1. The number of fused-ring (bicyclic) bond motifs is 1. The number of imidazole rings is 1. The van der Waals surface area contributed by atoms with Crippen LogP contribution in [0.5, 0.6) is 5.75 Å². The smallest absolute Gasteiger partial charge is 0.465 e. The highest BCUT2D eigenvalue weighted by Gasteiger charge is 2.32. The Kier molecular flexibility index (Phi) is 8.83. The number of benzene rings is 3. The number of anilines is 3. The molecule has 1 N–H and O–H groups in total. The molecule has 11 nitrogen and oxygen atoms in total. The number of carbonyl (C=O) groups is 1. The molecule has 1 saturated heterocycles. The molecule has 3 aromatic carbocycles. The molecule has 2 fully saturated rings. The van der Waals surface area contributed by atoms with Gasteiger partial charge in [0.2, 0.25) is 5.13 Å². The maximum absolute atomic E-state index is 12.8. The summed E-state index contributed by atoms with van der Waals surface area (Å²) in [6, 6.07) is 21.0. The highest BCUT2D eigenvalue weighted by atomic mass is 32.1. The Morgan fingerprint density at radius 3 is 2.33 bits per heavy atom. The fourth-order valence-corrected chi connectivity index (χ4v) is 7.21. The van der Waals surface area contributed by atoms with Crippen molar-refractivity contribution in [1.82, 2.24) is 24.6 Å². The van der Waals surface area contributed by atoms with E-state index in [1.807, 2.05) is 18.2 Å². The average Bonchev–Trinajstić information content (AvgIpc) is 3.50. The van der Waals surface area contributed by atoms with Crippen molar-refractivity contribution in [3.63, 3.8) is 0 Å². The minimum Gasteiger partial charge on any atom is -0.465 e. The van der Waals surface area contributed by atoms with Gasteiger partial charge in [0.05, 0.1) is 35.1 Å². The fourth-order valence-electron chi connectivity index (χ4n) is 6.49. The van der Waals surface area contributed by atoms with E-state index in [0.29, 0.717) is 38.6 Å². The third-order valence-corrected chi connectivity index (χ3v) is 10.2. The summed E-state index contributed by atoms with van der Waals surface area (Å²) in [5.41, 5.74) is 5.52. The van der Waals surface area contributed by atoms with Crippen LogP contribution in [0.3, 0.4) is 0 Å². The maximum atomic E-state index is 12.8. The van der Waals surface area contributed by atoms with Gasteiger partial charge < -0.3 is 33.6 Å². The van der Waals surface area contributed by atoms with Crippen LogP contribution in [-0.4, -0.2) is 76.8 Å². The van der Waals surface area contributed by atoms with Crippen molar-refractivity contribution < 1.29 is 31.9 Å². The summed E-state index contributed by atoms with van der Waals surface area (Å²) in [7, 11) is 1.34. The zero-order chi connectivity index (χ0) is 36.0. The minimum atomic E-state index is -4.76. The summed E-state index contributed by atoms with van der Waals surface area (Å²) in [5.74, 6) is 1.20. The van der Waals surface area contributed by atoms with Crippen LogP contribution in [0, 0.1) is 0 Å². The van der Waals surface area contributed by atoms with Crippen molar-refractivity contribution in [2.24, 2.45) is 0 Å². The number of halogens is 3. The molecule has 0 amide bonds. The molecule has 8 rings (SSSR count). The average molecular weight is 730 g/mol. The van der Waals surface area contributed by atoms with Crippen LogP contribution in [0.15, 0.2) is 77.2 Å². The van der Waals surface area contributed by atoms with Crippen LogP contribution in [-0.2, 0) is 4.74 Å². The normalized spacial score (nSPS) is 15.3. The van der Waals surface area contributed by atoms with Gasteiger partial charge in [0.25, 0.3) is 0 Å². The second-order valence-corrected chi connectivity index (χ2v) is 13.6. The lowest BCUT2D eigenvalue weighted by Crippen LogP contribution is -2.46. The monoisotopic (exact) mass is 729 g/mol. The second-order valence-electron chi connectivity index (χ2n) is 12.7. The predicted octanol–water partition coefficient (Wildman–Crippen LogP) is 8.39. The largest absolute Gasteiger partial charge is 0.573 e. The molecule has 1 aliphatic heterocycles. The standard InChI is InChI=1S/C37H34F3N7O4S/c1-3-45-16-18-46(19-17-45)29-21-30-28(41-33(47(30)25-10-11-25)23-8-12-26(13-9-23)51-37(38,39)40)20-27(29)42-36-44-43-34(52-36)32-15-14-31(50-32)22-4-6-24(7-5-22)35(48)49-2/h4-9,12-15,20-21,25H,3,10-11,16-19H2,1-2H3,(H,42,44). The molecule has 268 valence electrons. The third kappa shape index (κ3) is 6.93. The summed E-state index contributed by atoms with van der Waals surface area (Å²) >= 11 is 1.36.